The van der Waals surface area contributed by atoms with Gasteiger partial charge in [-0.25, -0.2) is 0 Å². The van der Waals surface area contributed by atoms with E-state index in [4.69, 9.17) is 4.74 Å². The van der Waals surface area contributed by atoms with Crippen LogP contribution in [0.25, 0.3) is 0 Å². The molecule has 0 aliphatic heterocycles. The first kappa shape index (κ1) is 13.9. The number of carbonyl (C=O) groups excluding carboxylic acids is 1. The van der Waals surface area contributed by atoms with Crippen LogP contribution in [0.5, 0.6) is 5.75 Å². The Labute approximate surface area is 115 Å². The van der Waals surface area contributed by atoms with E-state index in [-0.39, 0.29) is 11.9 Å². The molecule has 0 radical (unpaired) electrons. The number of methoxy groups -OCH3 is 1. The van der Waals surface area contributed by atoms with Gasteiger partial charge in [0.05, 0.1) is 13.0 Å². The standard InChI is InChI=1S/C13H17NO4S/c1-18-10-6-7-19-11(10)12(15)14-9-5-3-2-4-8(9)13(16)17/h6-9H,2-5H2,1H3,(H,14,15)(H,16,17). The summed E-state index contributed by atoms with van der Waals surface area (Å²) in [6.45, 7) is 0. The predicted molar refractivity (Wildman–Crippen MR) is 71.7 cm³/mol. The van der Waals surface area contributed by atoms with E-state index in [2.05, 4.69) is 5.32 Å². The first-order valence-corrected chi connectivity index (χ1v) is 7.16. The van der Waals surface area contributed by atoms with Crippen molar-refractivity contribution in [3.05, 3.63) is 16.3 Å². The van der Waals surface area contributed by atoms with Crippen molar-refractivity contribution in [2.45, 2.75) is 31.7 Å². The summed E-state index contributed by atoms with van der Waals surface area (Å²) in [6, 6.07) is 1.44. The lowest BCUT2D eigenvalue weighted by molar-refractivity contribution is -0.143. The number of hydrogen-bond donors (Lipinski definition) is 2. The van der Waals surface area contributed by atoms with Gasteiger partial charge in [-0.3, -0.25) is 9.59 Å². The summed E-state index contributed by atoms with van der Waals surface area (Å²) in [4.78, 5) is 23.8. The highest BCUT2D eigenvalue weighted by Gasteiger charge is 2.32. The Morgan fingerprint density at radius 2 is 2.16 bits per heavy atom. The molecule has 19 heavy (non-hydrogen) atoms. The van der Waals surface area contributed by atoms with Gasteiger partial charge in [-0.05, 0) is 24.3 Å². The van der Waals surface area contributed by atoms with Gasteiger partial charge >= 0.3 is 5.97 Å². The van der Waals surface area contributed by atoms with Crippen molar-refractivity contribution in [3.63, 3.8) is 0 Å². The van der Waals surface area contributed by atoms with E-state index in [0.29, 0.717) is 17.0 Å². The third kappa shape index (κ3) is 3.07. The number of carboxylic acid groups (broad SMARTS) is 1. The molecule has 1 aliphatic carbocycles. The molecule has 104 valence electrons. The minimum absolute atomic E-state index is 0.245. The van der Waals surface area contributed by atoms with Crippen LogP contribution in [0.3, 0.4) is 0 Å². The van der Waals surface area contributed by atoms with E-state index in [1.165, 1.54) is 18.4 Å². The van der Waals surface area contributed by atoms with Crippen molar-refractivity contribution in [2.24, 2.45) is 5.92 Å². The monoisotopic (exact) mass is 283 g/mol. The molecule has 1 aliphatic rings. The quantitative estimate of drug-likeness (QED) is 0.887. The molecule has 0 spiro atoms. The number of ether oxygens (including phenoxy) is 1. The molecule has 1 amide bonds. The highest BCUT2D eigenvalue weighted by atomic mass is 32.1. The van der Waals surface area contributed by atoms with Crippen molar-refractivity contribution in [3.8, 4) is 5.75 Å². The molecule has 1 saturated carbocycles. The zero-order chi connectivity index (χ0) is 13.8. The summed E-state index contributed by atoms with van der Waals surface area (Å²) in [6.07, 6.45) is 3.21. The lowest BCUT2D eigenvalue weighted by Crippen LogP contribution is -2.44. The van der Waals surface area contributed by atoms with Crippen LogP contribution in [0, 0.1) is 5.92 Å². The molecule has 1 heterocycles. The molecule has 2 N–H and O–H groups in total. The van der Waals surface area contributed by atoms with E-state index in [9.17, 15) is 14.7 Å². The average Bonchev–Trinajstić information content (AvgIpc) is 2.87. The summed E-state index contributed by atoms with van der Waals surface area (Å²) < 4.78 is 5.10. The van der Waals surface area contributed by atoms with Gasteiger partial charge in [0.2, 0.25) is 0 Å². The molecule has 2 unspecified atom stereocenters. The normalized spacial score (nSPS) is 22.8. The average molecular weight is 283 g/mol. The molecule has 2 atom stereocenters. The number of nitrogens with one attached hydrogen (secondary N) is 1. The van der Waals surface area contributed by atoms with Gasteiger partial charge in [0, 0.05) is 6.04 Å². The molecule has 1 aromatic heterocycles. The Morgan fingerprint density at radius 3 is 2.84 bits per heavy atom. The van der Waals surface area contributed by atoms with Crippen molar-refractivity contribution in [1.29, 1.82) is 0 Å². The van der Waals surface area contributed by atoms with Gasteiger partial charge in [0.1, 0.15) is 10.6 Å². The predicted octanol–water partition coefficient (Wildman–Crippen LogP) is 2.13. The second-order valence-electron chi connectivity index (χ2n) is 4.63. The van der Waals surface area contributed by atoms with Crippen LogP contribution in [0.15, 0.2) is 11.4 Å². The van der Waals surface area contributed by atoms with Crippen LogP contribution in [0.1, 0.15) is 35.4 Å². The number of amides is 1. The van der Waals surface area contributed by atoms with Crippen LogP contribution in [0.4, 0.5) is 0 Å². The van der Waals surface area contributed by atoms with Crippen LogP contribution in [-0.2, 0) is 4.79 Å². The Balaban J connectivity index is 2.07. The minimum atomic E-state index is -0.830. The van der Waals surface area contributed by atoms with Crippen LogP contribution in [-0.4, -0.2) is 30.1 Å². The largest absolute Gasteiger partial charge is 0.495 e. The topological polar surface area (TPSA) is 75.6 Å². The summed E-state index contributed by atoms with van der Waals surface area (Å²) >= 11 is 1.30. The molecule has 1 aromatic rings. The zero-order valence-corrected chi connectivity index (χ0v) is 11.5. The van der Waals surface area contributed by atoms with Crippen LogP contribution < -0.4 is 10.1 Å². The van der Waals surface area contributed by atoms with E-state index in [1.807, 2.05) is 0 Å². The van der Waals surface area contributed by atoms with Gasteiger partial charge < -0.3 is 15.2 Å². The molecule has 1 fully saturated rings. The number of hydrogen-bond acceptors (Lipinski definition) is 4. The second kappa shape index (κ2) is 6.06. The van der Waals surface area contributed by atoms with Crippen molar-refractivity contribution in [2.75, 3.05) is 7.11 Å². The fourth-order valence-corrected chi connectivity index (χ4v) is 3.22. The highest BCUT2D eigenvalue weighted by Crippen LogP contribution is 2.27. The first-order valence-electron chi connectivity index (χ1n) is 6.28. The molecule has 6 heteroatoms. The lowest BCUT2D eigenvalue weighted by atomic mass is 9.84. The van der Waals surface area contributed by atoms with E-state index < -0.39 is 11.9 Å². The fraction of sp³-hybridized carbons (Fsp3) is 0.538. The van der Waals surface area contributed by atoms with Crippen molar-refractivity contribution >= 4 is 23.2 Å². The van der Waals surface area contributed by atoms with Gasteiger partial charge in [-0.15, -0.1) is 11.3 Å². The molecule has 5 nitrogen and oxygen atoms in total. The van der Waals surface area contributed by atoms with Gasteiger partial charge in [-0.2, -0.15) is 0 Å². The Kier molecular flexibility index (Phi) is 4.42. The molecule has 0 aromatic carbocycles. The summed E-state index contributed by atoms with van der Waals surface area (Å²) in [5.41, 5.74) is 0. The third-order valence-corrected chi connectivity index (χ3v) is 4.35. The van der Waals surface area contributed by atoms with E-state index >= 15 is 0 Å². The molecule has 2 rings (SSSR count). The van der Waals surface area contributed by atoms with Crippen molar-refractivity contribution < 1.29 is 19.4 Å². The molecule has 0 bridgehead atoms. The van der Waals surface area contributed by atoms with Gasteiger partial charge in [0.25, 0.3) is 5.91 Å². The highest BCUT2D eigenvalue weighted by molar-refractivity contribution is 7.12. The van der Waals surface area contributed by atoms with E-state index in [0.717, 1.165) is 19.3 Å². The van der Waals surface area contributed by atoms with Crippen LogP contribution in [0.2, 0.25) is 0 Å². The summed E-state index contributed by atoms with van der Waals surface area (Å²) in [5, 5.41) is 13.8. The minimum Gasteiger partial charge on any atom is -0.495 e. The fourth-order valence-electron chi connectivity index (χ4n) is 2.46. The number of rotatable bonds is 4. The summed E-state index contributed by atoms with van der Waals surface area (Å²) in [7, 11) is 1.51. The Hall–Kier alpha value is -1.56. The lowest BCUT2D eigenvalue weighted by Gasteiger charge is -2.29. The molecule has 0 saturated heterocycles. The maximum atomic E-state index is 12.1. The number of aliphatic carboxylic acids is 1. The number of thiophene rings is 1. The maximum Gasteiger partial charge on any atom is 0.308 e. The Morgan fingerprint density at radius 1 is 1.42 bits per heavy atom. The third-order valence-electron chi connectivity index (χ3n) is 3.45. The van der Waals surface area contributed by atoms with Gasteiger partial charge in [-0.1, -0.05) is 12.8 Å². The second-order valence-corrected chi connectivity index (χ2v) is 5.54. The zero-order valence-electron chi connectivity index (χ0n) is 10.7. The van der Waals surface area contributed by atoms with Crippen LogP contribution >= 0.6 is 11.3 Å². The first-order chi connectivity index (χ1) is 9.13. The Bertz CT molecular complexity index is 471. The van der Waals surface area contributed by atoms with E-state index in [1.54, 1.807) is 11.4 Å². The number of carboxylic acids is 1. The molecular formula is C13H17NO4S. The molecular weight excluding hydrogens is 266 g/mol. The smallest absolute Gasteiger partial charge is 0.308 e. The van der Waals surface area contributed by atoms with Crippen molar-refractivity contribution in [1.82, 2.24) is 5.32 Å². The number of carbonyl (C=O) groups is 2. The maximum absolute atomic E-state index is 12.1. The SMILES string of the molecule is COc1ccsc1C(=O)NC1CCCCC1C(=O)O. The summed E-state index contributed by atoms with van der Waals surface area (Å²) in [5.74, 6) is -1.03. The van der Waals surface area contributed by atoms with Gasteiger partial charge in [0.15, 0.2) is 0 Å².